The highest BCUT2D eigenvalue weighted by molar-refractivity contribution is 6.13. The molecule has 36 heavy (non-hydrogen) atoms. The Bertz CT molecular complexity index is 1830. The van der Waals surface area contributed by atoms with Crippen LogP contribution >= 0.6 is 0 Å². The van der Waals surface area contributed by atoms with E-state index in [0.717, 1.165) is 25.7 Å². The number of rotatable bonds is 2. The number of aromatic nitrogens is 1. The van der Waals surface area contributed by atoms with Gasteiger partial charge >= 0.3 is 0 Å². The third kappa shape index (κ3) is 2.03. The molecular weight excluding hydrogens is 434 g/mol. The molecule has 1 nitrogen and oxygen atoms in total. The van der Waals surface area contributed by atoms with E-state index in [1.54, 1.807) is 0 Å². The SMILES string of the molecule is C1=CC(n2c3c4c5c6c(ccc52)-c2ccccc2C6(c2ccccc2)c2cccc(c2-4)CC3)=CCC1. The van der Waals surface area contributed by atoms with E-state index in [2.05, 4.69) is 108 Å². The Morgan fingerprint density at radius 3 is 2.42 bits per heavy atom. The molecule has 1 heteroatoms. The van der Waals surface area contributed by atoms with Gasteiger partial charge in [-0.15, -0.1) is 0 Å². The Kier molecular flexibility index (Phi) is 3.49. The number of hydrogen-bond donors (Lipinski definition) is 0. The van der Waals surface area contributed by atoms with Crippen molar-refractivity contribution >= 4 is 16.6 Å². The van der Waals surface area contributed by atoms with Crippen LogP contribution in [0.25, 0.3) is 38.9 Å². The fourth-order valence-corrected chi connectivity index (χ4v) is 7.89. The van der Waals surface area contributed by atoms with Crippen LogP contribution in [-0.2, 0) is 18.3 Å². The molecule has 170 valence electrons. The van der Waals surface area contributed by atoms with Gasteiger partial charge in [-0.25, -0.2) is 0 Å². The third-order valence-corrected chi connectivity index (χ3v) is 9.11. The number of hydrogen-bond acceptors (Lipinski definition) is 0. The molecule has 0 radical (unpaired) electrons. The van der Waals surface area contributed by atoms with Crippen LogP contribution in [0.2, 0.25) is 0 Å². The molecule has 0 saturated carbocycles. The molecule has 5 aromatic rings. The first kappa shape index (κ1) is 19.1. The molecule has 0 amide bonds. The first-order valence-corrected chi connectivity index (χ1v) is 13.2. The average molecular weight is 460 g/mol. The standard InChI is InChI=1S/C35H25N/c1-3-11-23(12-4-1)35-27-16-8-7-15-25(27)26-19-21-30-33(34(26)35)32-29(36(30)24-13-5-2-6-14-24)20-18-22-10-9-17-28(35)31(22)32/h1,3-5,7-17,19,21H,2,6,18,20H2. The van der Waals surface area contributed by atoms with E-state index in [1.165, 1.54) is 72.4 Å². The molecule has 1 atom stereocenters. The smallest absolute Gasteiger partial charge is 0.0726 e. The summed E-state index contributed by atoms with van der Waals surface area (Å²) >= 11 is 0. The highest BCUT2D eigenvalue weighted by atomic mass is 15.0. The summed E-state index contributed by atoms with van der Waals surface area (Å²) in [6, 6.07) is 32.3. The Morgan fingerprint density at radius 2 is 1.53 bits per heavy atom. The summed E-state index contributed by atoms with van der Waals surface area (Å²) in [5, 5.41) is 1.47. The van der Waals surface area contributed by atoms with E-state index in [1.807, 2.05) is 0 Å². The number of aryl methyl sites for hydroxylation is 1. The molecule has 1 heterocycles. The minimum atomic E-state index is -0.289. The zero-order chi connectivity index (χ0) is 23.4. The van der Waals surface area contributed by atoms with Crippen LogP contribution in [0.1, 0.15) is 46.4 Å². The number of allylic oxidation sites excluding steroid dienone is 4. The van der Waals surface area contributed by atoms with Gasteiger partial charge in [0.15, 0.2) is 0 Å². The Hall–Kier alpha value is -4.10. The summed E-state index contributed by atoms with van der Waals surface area (Å²) in [5.74, 6) is 0. The second-order valence-electron chi connectivity index (χ2n) is 10.6. The van der Waals surface area contributed by atoms with Crippen LogP contribution in [0, 0.1) is 0 Å². The van der Waals surface area contributed by atoms with Crippen molar-refractivity contribution < 1.29 is 0 Å². The van der Waals surface area contributed by atoms with Gasteiger partial charge in [-0.05, 0) is 82.3 Å². The highest BCUT2D eigenvalue weighted by Crippen LogP contribution is 2.65. The van der Waals surface area contributed by atoms with Crippen molar-refractivity contribution in [2.75, 3.05) is 0 Å². The summed E-state index contributed by atoms with van der Waals surface area (Å²) in [4.78, 5) is 0. The molecule has 0 fully saturated rings. The van der Waals surface area contributed by atoms with Crippen LogP contribution in [-0.4, -0.2) is 4.57 Å². The third-order valence-electron chi connectivity index (χ3n) is 9.11. The summed E-state index contributed by atoms with van der Waals surface area (Å²) in [6.07, 6.45) is 11.6. The second-order valence-corrected chi connectivity index (χ2v) is 10.6. The van der Waals surface area contributed by atoms with Crippen molar-refractivity contribution in [1.29, 1.82) is 0 Å². The van der Waals surface area contributed by atoms with Crippen LogP contribution in [0.15, 0.2) is 103 Å². The van der Waals surface area contributed by atoms with Gasteiger partial charge in [0.05, 0.1) is 10.9 Å². The van der Waals surface area contributed by atoms with Gasteiger partial charge in [0.1, 0.15) is 0 Å². The molecule has 0 saturated heterocycles. The summed E-state index contributed by atoms with van der Waals surface area (Å²) < 4.78 is 2.60. The fourth-order valence-electron chi connectivity index (χ4n) is 7.89. The van der Waals surface area contributed by atoms with Gasteiger partial charge < -0.3 is 4.57 Å². The molecule has 0 bridgehead atoms. The molecule has 4 aliphatic carbocycles. The van der Waals surface area contributed by atoms with Gasteiger partial charge in [0, 0.05) is 22.3 Å². The van der Waals surface area contributed by atoms with Gasteiger partial charge in [0.25, 0.3) is 0 Å². The molecule has 1 aromatic heterocycles. The predicted octanol–water partition coefficient (Wildman–Crippen LogP) is 8.27. The summed E-state index contributed by atoms with van der Waals surface area (Å²) in [6.45, 7) is 0. The van der Waals surface area contributed by atoms with E-state index < -0.39 is 0 Å². The maximum atomic E-state index is 2.60. The predicted molar refractivity (Wildman–Crippen MR) is 148 cm³/mol. The first-order valence-electron chi connectivity index (χ1n) is 13.2. The maximum absolute atomic E-state index is 2.60. The lowest BCUT2D eigenvalue weighted by atomic mass is 9.61. The molecule has 1 unspecified atom stereocenters. The largest absolute Gasteiger partial charge is 0.313 e. The second kappa shape index (κ2) is 6.56. The molecule has 0 N–H and O–H groups in total. The van der Waals surface area contributed by atoms with Gasteiger partial charge in [-0.1, -0.05) is 91.0 Å². The minimum Gasteiger partial charge on any atom is -0.313 e. The van der Waals surface area contributed by atoms with Crippen molar-refractivity contribution in [1.82, 2.24) is 4.57 Å². The van der Waals surface area contributed by atoms with Gasteiger partial charge in [-0.2, -0.15) is 0 Å². The van der Waals surface area contributed by atoms with E-state index in [9.17, 15) is 0 Å². The van der Waals surface area contributed by atoms with Crippen molar-refractivity contribution in [3.05, 3.63) is 137 Å². The quantitative estimate of drug-likeness (QED) is 0.245. The molecule has 0 spiro atoms. The fraction of sp³-hybridized carbons (Fsp3) is 0.143. The normalized spacial score (nSPS) is 19.9. The van der Waals surface area contributed by atoms with E-state index >= 15 is 0 Å². The first-order chi connectivity index (χ1) is 17.9. The van der Waals surface area contributed by atoms with Crippen LogP contribution in [0.3, 0.4) is 0 Å². The summed E-state index contributed by atoms with van der Waals surface area (Å²) in [7, 11) is 0. The zero-order valence-corrected chi connectivity index (χ0v) is 20.1. The lowest BCUT2D eigenvalue weighted by molar-refractivity contribution is 0.764. The zero-order valence-electron chi connectivity index (χ0n) is 20.1. The van der Waals surface area contributed by atoms with Crippen molar-refractivity contribution in [3.63, 3.8) is 0 Å². The van der Waals surface area contributed by atoms with E-state index in [0.29, 0.717) is 0 Å². The van der Waals surface area contributed by atoms with Crippen molar-refractivity contribution in [3.8, 4) is 22.3 Å². The van der Waals surface area contributed by atoms with Gasteiger partial charge in [0.2, 0.25) is 0 Å². The summed E-state index contributed by atoms with van der Waals surface area (Å²) in [5.41, 5.74) is 16.9. The molecule has 0 aliphatic heterocycles. The van der Waals surface area contributed by atoms with E-state index in [4.69, 9.17) is 0 Å². The van der Waals surface area contributed by atoms with Crippen LogP contribution in [0.5, 0.6) is 0 Å². The maximum Gasteiger partial charge on any atom is 0.0726 e. The van der Waals surface area contributed by atoms with Crippen molar-refractivity contribution in [2.24, 2.45) is 0 Å². The number of benzene rings is 4. The molecular formula is C35H25N. The number of fused-ring (bicyclic) bond motifs is 4. The number of nitrogens with zero attached hydrogens (tertiary/aromatic N) is 1. The van der Waals surface area contributed by atoms with Crippen molar-refractivity contribution in [2.45, 2.75) is 31.1 Å². The Balaban J connectivity index is 1.57. The monoisotopic (exact) mass is 459 g/mol. The average Bonchev–Trinajstić information content (AvgIpc) is 3.45. The van der Waals surface area contributed by atoms with Crippen LogP contribution in [0.4, 0.5) is 0 Å². The van der Waals surface area contributed by atoms with E-state index in [-0.39, 0.29) is 5.41 Å². The Morgan fingerprint density at radius 1 is 0.667 bits per heavy atom. The molecule has 4 aliphatic rings. The Labute approximate surface area is 211 Å². The highest BCUT2D eigenvalue weighted by Gasteiger charge is 2.52. The molecule has 9 rings (SSSR count). The molecule has 4 aromatic carbocycles. The van der Waals surface area contributed by atoms with Gasteiger partial charge in [-0.3, -0.25) is 0 Å². The lowest BCUT2D eigenvalue weighted by Crippen LogP contribution is -2.32. The minimum absolute atomic E-state index is 0.289. The lowest BCUT2D eigenvalue weighted by Gasteiger charge is -2.40. The van der Waals surface area contributed by atoms with Crippen LogP contribution < -0.4 is 0 Å². The topological polar surface area (TPSA) is 4.93 Å².